The summed E-state index contributed by atoms with van der Waals surface area (Å²) in [5.74, 6) is -1.35. The van der Waals surface area contributed by atoms with E-state index in [1.54, 1.807) is 17.0 Å². The highest BCUT2D eigenvalue weighted by Crippen LogP contribution is 1.98. The van der Waals surface area contributed by atoms with Gasteiger partial charge in [0.15, 0.2) is 5.25 Å². The molecule has 0 aromatic carbocycles. The second kappa shape index (κ2) is 5.13. The molecule has 16 heavy (non-hydrogen) atoms. The van der Waals surface area contributed by atoms with Crippen LogP contribution in [0.2, 0.25) is 0 Å². The number of nitrogens with zero attached hydrogens (tertiary/aromatic N) is 1. The molecule has 2 N–H and O–H groups in total. The molecular formula is C9H14N2O4S. The van der Waals surface area contributed by atoms with Crippen LogP contribution in [0, 0.1) is 0 Å². The van der Waals surface area contributed by atoms with E-state index in [1.165, 1.54) is 0 Å². The highest BCUT2D eigenvalue weighted by atomic mass is 32.2. The van der Waals surface area contributed by atoms with E-state index in [0.717, 1.165) is 6.92 Å². The van der Waals surface area contributed by atoms with Gasteiger partial charge in [0.05, 0.1) is 0 Å². The molecule has 6 nitrogen and oxygen atoms in total. The number of rotatable bonds is 6. The maximum absolute atomic E-state index is 11.4. The Morgan fingerprint density at radius 2 is 2.00 bits per heavy atom. The first kappa shape index (κ1) is 12.7. The molecule has 1 heterocycles. The van der Waals surface area contributed by atoms with Crippen molar-refractivity contribution in [3.8, 4) is 0 Å². The van der Waals surface area contributed by atoms with Crippen molar-refractivity contribution in [3.63, 3.8) is 0 Å². The van der Waals surface area contributed by atoms with Crippen molar-refractivity contribution < 1.29 is 18.3 Å². The second-order valence-electron chi connectivity index (χ2n) is 3.34. The van der Waals surface area contributed by atoms with Gasteiger partial charge >= 0.3 is 5.97 Å². The Labute approximate surface area is 93.9 Å². The molecule has 0 spiro atoms. The number of carboxylic acid groups (broad SMARTS) is 1. The van der Waals surface area contributed by atoms with Crippen molar-refractivity contribution in [2.24, 2.45) is 0 Å². The average Bonchev–Trinajstić information content (AvgIpc) is 2.69. The van der Waals surface area contributed by atoms with Gasteiger partial charge in [-0.05, 0) is 19.1 Å². The van der Waals surface area contributed by atoms with E-state index in [9.17, 15) is 13.2 Å². The summed E-state index contributed by atoms with van der Waals surface area (Å²) in [6, 6.07) is 3.66. The zero-order chi connectivity index (χ0) is 12.2. The molecule has 0 saturated carbocycles. The topological polar surface area (TPSA) is 88.4 Å². The minimum atomic E-state index is -3.78. The number of carbonyl (C=O) groups is 1. The van der Waals surface area contributed by atoms with Gasteiger partial charge in [-0.1, -0.05) is 0 Å². The fraction of sp³-hybridized carbons (Fsp3) is 0.444. The lowest BCUT2D eigenvalue weighted by Gasteiger charge is -2.10. The van der Waals surface area contributed by atoms with Crippen LogP contribution in [0.3, 0.4) is 0 Å². The fourth-order valence-corrected chi connectivity index (χ4v) is 1.99. The van der Waals surface area contributed by atoms with Crippen molar-refractivity contribution >= 4 is 16.0 Å². The van der Waals surface area contributed by atoms with Gasteiger partial charge in [-0.25, -0.2) is 13.1 Å². The number of hydrogen-bond acceptors (Lipinski definition) is 3. The highest BCUT2D eigenvalue weighted by Gasteiger charge is 2.26. The van der Waals surface area contributed by atoms with E-state index < -0.39 is 21.2 Å². The molecule has 0 amide bonds. The monoisotopic (exact) mass is 246 g/mol. The summed E-state index contributed by atoms with van der Waals surface area (Å²) in [5.41, 5.74) is 0. The van der Waals surface area contributed by atoms with Gasteiger partial charge < -0.3 is 9.67 Å². The van der Waals surface area contributed by atoms with Crippen molar-refractivity contribution in [2.45, 2.75) is 18.7 Å². The molecule has 0 bridgehead atoms. The van der Waals surface area contributed by atoms with E-state index in [2.05, 4.69) is 4.72 Å². The molecule has 1 unspecified atom stereocenters. The summed E-state index contributed by atoms with van der Waals surface area (Å²) in [5, 5.41) is 7.14. The number of carboxylic acids is 1. The van der Waals surface area contributed by atoms with Crippen molar-refractivity contribution in [2.75, 3.05) is 6.54 Å². The normalized spacial score (nSPS) is 13.6. The summed E-state index contributed by atoms with van der Waals surface area (Å²) in [6.07, 6.45) is 3.60. The van der Waals surface area contributed by atoms with Crippen LogP contribution in [0.25, 0.3) is 0 Å². The molecule has 0 fully saturated rings. The zero-order valence-corrected chi connectivity index (χ0v) is 9.64. The van der Waals surface area contributed by atoms with Gasteiger partial charge in [0.25, 0.3) is 0 Å². The van der Waals surface area contributed by atoms with Crippen LogP contribution in [0.4, 0.5) is 0 Å². The molecule has 1 aromatic heterocycles. The van der Waals surface area contributed by atoms with E-state index in [-0.39, 0.29) is 6.54 Å². The number of sulfonamides is 1. The number of aromatic nitrogens is 1. The lowest BCUT2D eigenvalue weighted by atomic mass is 10.5. The number of hydrogen-bond donors (Lipinski definition) is 2. The summed E-state index contributed by atoms with van der Waals surface area (Å²) in [4.78, 5) is 10.5. The average molecular weight is 246 g/mol. The van der Waals surface area contributed by atoms with Crippen LogP contribution >= 0.6 is 0 Å². The number of nitrogens with one attached hydrogen (secondary N) is 1. The van der Waals surface area contributed by atoms with Crippen LogP contribution in [-0.2, 0) is 21.4 Å². The summed E-state index contributed by atoms with van der Waals surface area (Å²) in [7, 11) is -3.78. The molecule has 0 saturated heterocycles. The van der Waals surface area contributed by atoms with Crippen molar-refractivity contribution in [1.82, 2.24) is 9.29 Å². The lowest BCUT2D eigenvalue weighted by molar-refractivity contribution is -0.136. The SMILES string of the molecule is CC(C(=O)O)S(=O)(=O)NCCn1cccc1. The maximum atomic E-state index is 11.4. The third-order valence-electron chi connectivity index (χ3n) is 2.15. The smallest absolute Gasteiger partial charge is 0.323 e. The number of aliphatic carboxylic acids is 1. The summed E-state index contributed by atoms with van der Waals surface area (Å²) in [6.45, 7) is 1.79. The van der Waals surface area contributed by atoms with Gasteiger partial charge in [0, 0.05) is 25.5 Å². The first-order valence-corrected chi connectivity index (χ1v) is 6.30. The van der Waals surface area contributed by atoms with Gasteiger partial charge in [-0.3, -0.25) is 4.79 Å². The van der Waals surface area contributed by atoms with Crippen molar-refractivity contribution in [3.05, 3.63) is 24.5 Å². The predicted molar refractivity (Wildman–Crippen MR) is 58.5 cm³/mol. The molecule has 1 atom stereocenters. The largest absolute Gasteiger partial charge is 0.480 e. The zero-order valence-electron chi connectivity index (χ0n) is 8.83. The van der Waals surface area contributed by atoms with Gasteiger partial charge in [-0.2, -0.15) is 0 Å². The van der Waals surface area contributed by atoms with Gasteiger partial charge in [0.1, 0.15) is 0 Å². The molecule has 0 aliphatic heterocycles. The third-order valence-corrected chi connectivity index (χ3v) is 3.89. The standard InChI is InChI=1S/C9H14N2O4S/c1-8(9(12)13)16(14,15)10-4-7-11-5-2-3-6-11/h2-3,5-6,8,10H,4,7H2,1H3,(H,12,13). The Morgan fingerprint density at radius 1 is 1.44 bits per heavy atom. The Morgan fingerprint density at radius 3 is 2.50 bits per heavy atom. The van der Waals surface area contributed by atoms with Crippen LogP contribution in [0.5, 0.6) is 0 Å². The lowest BCUT2D eigenvalue weighted by Crippen LogP contribution is -2.38. The Hall–Kier alpha value is -1.34. The van der Waals surface area contributed by atoms with E-state index in [0.29, 0.717) is 6.54 Å². The summed E-state index contributed by atoms with van der Waals surface area (Å²) >= 11 is 0. The van der Waals surface area contributed by atoms with Crippen molar-refractivity contribution in [1.29, 1.82) is 0 Å². The van der Waals surface area contributed by atoms with E-state index in [4.69, 9.17) is 5.11 Å². The van der Waals surface area contributed by atoms with Crippen LogP contribution in [0.15, 0.2) is 24.5 Å². The molecule has 7 heteroatoms. The molecule has 1 rings (SSSR count). The minimum Gasteiger partial charge on any atom is -0.480 e. The molecule has 0 aliphatic carbocycles. The fourth-order valence-electron chi connectivity index (χ4n) is 1.09. The van der Waals surface area contributed by atoms with Gasteiger partial charge in [-0.15, -0.1) is 0 Å². The second-order valence-corrected chi connectivity index (χ2v) is 5.43. The predicted octanol–water partition coefficient (Wildman–Crippen LogP) is -0.119. The maximum Gasteiger partial charge on any atom is 0.323 e. The van der Waals surface area contributed by atoms with Crippen LogP contribution in [-0.4, -0.2) is 35.9 Å². The Bertz CT molecular complexity index is 438. The quantitative estimate of drug-likeness (QED) is 0.732. The molecular weight excluding hydrogens is 232 g/mol. The first-order chi connectivity index (χ1) is 7.43. The minimum absolute atomic E-state index is 0.175. The Kier molecular flexibility index (Phi) is 4.08. The molecule has 1 aromatic rings. The van der Waals surface area contributed by atoms with Crippen LogP contribution < -0.4 is 4.72 Å². The third kappa shape index (κ3) is 3.35. The molecule has 0 aliphatic rings. The van der Waals surface area contributed by atoms with E-state index >= 15 is 0 Å². The summed E-state index contributed by atoms with van der Waals surface area (Å²) < 4.78 is 26.8. The Balaban J connectivity index is 2.46. The first-order valence-electron chi connectivity index (χ1n) is 4.75. The van der Waals surface area contributed by atoms with E-state index in [1.807, 2.05) is 12.1 Å². The van der Waals surface area contributed by atoms with Gasteiger partial charge in [0.2, 0.25) is 10.0 Å². The highest BCUT2D eigenvalue weighted by molar-refractivity contribution is 7.90. The molecule has 90 valence electrons. The van der Waals surface area contributed by atoms with Crippen LogP contribution in [0.1, 0.15) is 6.92 Å². The molecule has 0 radical (unpaired) electrons.